The van der Waals surface area contributed by atoms with Crippen LogP contribution in [-0.4, -0.2) is 4.98 Å². The minimum Gasteiger partial charge on any atom is -0.436 e. The van der Waals surface area contributed by atoms with E-state index in [1.807, 2.05) is 37.3 Å². The lowest BCUT2D eigenvalue weighted by atomic mass is 10.1. The Morgan fingerprint density at radius 2 is 2.05 bits per heavy atom. The van der Waals surface area contributed by atoms with Crippen molar-refractivity contribution in [2.75, 3.05) is 0 Å². The normalized spacial score (nSPS) is 12.9. The number of nitrogens with two attached hydrogens (primary N) is 1. The van der Waals surface area contributed by atoms with Crippen molar-refractivity contribution in [3.05, 3.63) is 52.2 Å². The number of aromatic nitrogens is 1. The highest BCUT2D eigenvalue weighted by molar-refractivity contribution is 5.54. The maximum absolute atomic E-state index is 5.81. The van der Waals surface area contributed by atoms with Crippen LogP contribution in [0.2, 0.25) is 0 Å². The van der Waals surface area contributed by atoms with Gasteiger partial charge < -0.3 is 10.2 Å². The third kappa shape index (κ3) is 3.06. The first-order valence-electron chi connectivity index (χ1n) is 6.80. The van der Waals surface area contributed by atoms with Crippen LogP contribution in [0, 0.1) is 0 Å². The molecule has 0 atom stereocenters. The number of allylic oxidation sites excluding steroid dienone is 2. The zero-order valence-corrected chi connectivity index (χ0v) is 12.0. The van der Waals surface area contributed by atoms with Crippen molar-refractivity contribution < 1.29 is 4.42 Å². The summed E-state index contributed by atoms with van der Waals surface area (Å²) in [6, 6.07) is 7.89. The maximum atomic E-state index is 5.81. The van der Waals surface area contributed by atoms with Gasteiger partial charge in [0.15, 0.2) is 5.42 Å². The lowest BCUT2D eigenvalue weighted by Crippen LogP contribution is -2.20. The van der Waals surface area contributed by atoms with Gasteiger partial charge in [0.05, 0.1) is 0 Å². The second kappa shape index (κ2) is 6.35. The van der Waals surface area contributed by atoms with Gasteiger partial charge in [-0.15, -0.1) is 0 Å². The smallest absolute Gasteiger partial charge is 0.227 e. The van der Waals surface area contributed by atoms with Crippen molar-refractivity contribution in [3.63, 3.8) is 0 Å². The Morgan fingerprint density at radius 1 is 1.35 bits per heavy atom. The lowest BCUT2D eigenvalue weighted by molar-refractivity contribution is 0.540. The molecule has 1 aromatic carbocycles. The van der Waals surface area contributed by atoms with Gasteiger partial charge in [0.2, 0.25) is 5.89 Å². The molecule has 1 aromatic heterocycles. The Morgan fingerprint density at radius 3 is 2.60 bits per heavy atom. The average molecular weight is 268 g/mol. The van der Waals surface area contributed by atoms with Gasteiger partial charge in [-0.2, -0.15) is 0 Å². The Bertz CT molecular complexity index is 708. The molecule has 0 amide bonds. The average Bonchev–Trinajstić information content (AvgIpc) is 2.85. The lowest BCUT2D eigenvalue weighted by Gasteiger charge is -1.97. The van der Waals surface area contributed by atoms with E-state index in [4.69, 9.17) is 10.2 Å². The summed E-state index contributed by atoms with van der Waals surface area (Å²) in [6.45, 7) is 8.60. The van der Waals surface area contributed by atoms with E-state index in [1.54, 1.807) is 0 Å². The van der Waals surface area contributed by atoms with Gasteiger partial charge >= 0.3 is 0 Å². The van der Waals surface area contributed by atoms with Crippen molar-refractivity contribution in [1.29, 1.82) is 0 Å². The van der Waals surface area contributed by atoms with E-state index in [0.29, 0.717) is 17.8 Å². The summed E-state index contributed by atoms with van der Waals surface area (Å²) in [5, 5.41) is 0.663. The van der Waals surface area contributed by atoms with Gasteiger partial charge in [-0.05, 0) is 42.7 Å². The van der Waals surface area contributed by atoms with E-state index in [1.165, 1.54) is 5.57 Å². The van der Waals surface area contributed by atoms with Crippen molar-refractivity contribution in [2.45, 2.75) is 26.8 Å². The van der Waals surface area contributed by atoms with E-state index in [2.05, 4.69) is 24.6 Å². The first kappa shape index (κ1) is 14.3. The number of hydrogen-bond acceptors (Lipinski definition) is 3. The van der Waals surface area contributed by atoms with E-state index < -0.39 is 0 Å². The summed E-state index contributed by atoms with van der Waals surface area (Å²) in [6.07, 6.45) is 5.02. The van der Waals surface area contributed by atoms with E-state index in [0.717, 1.165) is 23.0 Å². The van der Waals surface area contributed by atoms with E-state index in [-0.39, 0.29) is 0 Å². The largest absolute Gasteiger partial charge is 0.436 e. The second-order valence-corrected chi connectivity index (χ2v) is 4.59. The topological polar surface area (TPSA) is 52.0 Å². The molecule has 0 spiro atoms. The van der Waals surface area contributed by atoms with Gasteiger partial charge in [-0.1, -0.05) is 31.7 Å². The van der Waals surface area contributed by atoms with Gasteiger partial charge in [0.25, 0.3) is 0 Å². The molecule has 0 unspecified atom stereocenters. The van der Waals surface area contributed by atoms with E-state index >= 15 is 0 Å². The fourth-order valence-electron chi connectivity index (χ4n) is 1.94. The highest BCUT2D eigenvalue weighted by Crippen LogP contribution is 2.15. The van der Waals surface area contributed by atoms with Crippen LogP contribution >= 0.6 is 0 Å². The zero-order valence-electron chi connectivity index (χ0n) is 12.0. The number of hydrogen-bond donors (Lipinski definition) is 1. The molecular weight excluding hydrogens is 248 g/mol. The van der Waals surface area contributed by atoms with Crippen LogP contribution in [0.5, 0.6) is 0 Å². The number of rotatable bonds is 4. The molecule has 0 fully saturated rings. The quantitative estimate of drug-likeness (QED) is 0.926. The van der Waals surface area contributed by atoms with Crippen LogP contribution in [-0.2, 0) is 6.54 Å². The van der Waals surface area contributed by atoms with Crippen molar-refractivity contribution in [3.8, 4) is 11.5 Å². The predicted octanol–water partition coefficient (Wildman–Crippen LogP) is 2.35. The molecule has 3 nitrogen and oxygen atoms in total. The highest BCUT2D eigenvalue weighted by atomic mass is 16.3. The van der Waals surface area contributed by atoms with Gasteiger partial charge in [-0.25, -0.2) is 4.98 Å². The standard InChI is InChI=1S/C17H20N2O/c1-4-13(5-2)10-16-12(3)19-17(20-16)15-8-6-14(11-18)7-9-15/h4,6-10H,3,5,11,18H2,1-2H3/b13-4-,16-10+. The molecule has 0 saturated heterocycles. The molecule has 2 N–H and O–H groups in total. The molecular formula is C17H20N2O. The summed E-state index contributed by atoms with van der Waals surface area (Å²) in [5.74, 6) is 0.594. The molecule has 0 radical (unpaired) electrons. The maximum Gasteiger partial charge on any atom is 0.227 e. The van der Waals surface area contributed by atoms with Crippen LogP contribution in [0.3, 0.4) is 0 Å². The summed E-state index contributed by atoms with van der Waals surface area (Å²) < 4.78 is 5.81. The predicted molar refractivity (Wildman–Crippen MR) is 83.1 cm³/mol. The summed E-state index contributed by atoms with van der Waals surface area (Å²) in [5.41, 5.74) is 9.54. The van der Waals surface area contributed by atoms with Crippen LogP contribution in [0.1, 0.15) is 25.8 Å². The summed E-state index contributed by atoms with van der Waals surface area (Å²) >= 11 is 0. The number of benzene rings is 1. The third-order valence-electron chi connectivity index (χ3n) is 3.26. The van der Waals surface area contributed by atoms with Crippen molar-refractivity contribution in [1.82, 2.24) is 4.98 Å². The van der Waals surface area contributed by atoms with Crippen LogP contribution in [0.25, 0.3) is 24.1 Å². The first-order chi connectivity index (χ1) is 9.67. The molecule has 2 aromatic rings. The summed E-state index contributed by atoms with van der Waals surface area (Å²) in [4.78, 5) is 4.39. The number of oxazole rings is 1. The SMILES string of the molecule is C=c1nc(-c2ccc(CN)cc2)o/c1=C/C(=C\C)CC. The molecule has 0 bridgehead atoms. The van der Waals surface area contributed by atoms with E-state index in [9.17, 15) is 0 Å². The molecule has 1 heterocycles. The molecule has 3 heteroatoms. The molecule has 104 valence electrons. The van der Waals surface area contributed by atoms with Crippen LogP contribution in [0.15, 0.2) is 40.3 Å². The molecule has 20 heavy (non-hydrogen) atoms. The van der Waals surface area contributed by atoms with Crippen molar-refractivity contribution >= 4 is 12.7 Å². The van der Waals surface area contributed by atoms with Gasteiger partial charge in [-0.3, -0.25) is 0 Å². The van der Waals surface area contributed by atoms with Gasteiger partial charge in [0, 0.05) is 12.1 Å². The molecule has 0 aliphatic rings. The fourth-order valence-corrected chi connectivity index (χ4v) is 1.94. The van der Waals surface area contributed by atoms with Crippen LogP contribution in [0.4, 0.5) is 0 Å². The van der Waals surface area contributed by atoms with Crippen molar-refractivity contribution in [2.24, 2.45) is 5.73 Å². The first-order valence-corrected chi connectivity index (χ1v) is 6.80. The fraction of sp³-hybridized carbons (Fsp3) is 0.235. The molecule has 0 aliphatic carbocycles. The minimum atomic E-state index is 0.534. The van der Waals surface area contributed by atoms with Crippen LogP contribution < -0.4 is 16.5 Å². The minimum absolute atomic E-state index is 0.534. The second-order valence-electron chi connectivity index (χ2n) is 4.59. The van der Waals surface area contributed by atoms with Gasteiger partial charge in [0.1, 0.15) is 5.35 Å². The third-order valence-corrected chi connectivity index (χ3v) is 3.26. The summed E-state index contributed by atoms with van der Waals surface area (Å²) in [7, 11) is 0. The molecule has 0 aliphatic heterocycles. The monoisotopic (exact) mass is 268 g/mol. The Balaban J connectivity index is 2.42. The Labute approximate surface area is 119 Å². The molecule has 0 saturated carbocycles. The Hall–Kier alpha value is -2.13. The zero-order chi connectivity index (χ0) is 14.5. The molecule has 2 rings (SSSR count). The number of nitrogens with zero attached hydrogens (tertiary/aromatic N) is 1. The highest BCUT2D eigenvalue weighted by Gasteiger charge is 2.04. The Kier molecular flexibility index (Phi) is 4.53.